The predicted molar refractivity (Wildman–Crippen MR) is 66.7 cm³/mol. The second-order valence-electron chi connectivity index (χ2n) is 4.10. The molecular weight excluding hydrogens is 238 g/mol. The lowest BCUT2D eigenvalue weighted by atomic mass is 9.93. The van der Waals surface area contributed by atoms with Crippen molar-refractivity contribution in [1.29, 1.82) is 0 Å². The maximum atomic E-state index is 11.0. The lowest BCUT2D eigenvalue weighted by molar-refractivity contribution is -0.396. The molecule has 0 atom stereocenters. The first-order valence-corrected chi connectivity index (χ1v) is 5.44. The summed E-state index contributed by atoms with van der Waals surface area (Å²) < 4.78 is 0. The van der Waals surface area contributed by atoms with Crippen molar-refractivity contribution in [3.05, 3.63) is 42.5 Å². The number of nitrogens with zero attached hydrogens (tertiary/aromatic N) is 2. The van der Waals surface area contributed by atoms with Crippen LogP contribution in [-0.4, -0.2) is 16.4 Å². The molecule has 1 aromatic carbocycles. The molecule has 0 saturated carbocycles. The molecule has 0 heterocycles. The standard InChI is InChI=1S/C11H15N3O4/c1-6-9(4-5-12)7(2)11(14(17)18)8(3)10(6)13(15)16/h4-5,12H2,1-3H3. The van der Waals surface area contributed by atoms with Crippen molar-refractivity contribution >= 4 is 11.4 Å². The van der Waals surface area contributed by atoms with E-state index in [1.807, 2.05) is 0 Å². The fourth-order valence-electron chi connectivity index (χ4n) is 2.31. The number of rotatable bonds is 4. The predicted octanol–water partition coefficient (Wildman–Crippen LogP) is 1.93. The molecule has 2 N–H and O–H groups in total. The highest BCUT2D eigenvalue weighted by Gasteiger charge is 2.30. The fraction of sp³-hybridized carbons (Fsp3) is 0.455. The first kappa shape index (κ1) is 14.0. The fourth-order valence-corrected chi connectivity index (χ4v) is 2.31. The van der Waals surface area contributed by atoms with Gasteiger partial charge in [-0.25, -0.2) is 0 Å². The van der Waals surface area contributed by atoms with Crippen molar-refractivity contribution in [2.45, 2.75) is 27.2 Å². The van der Waals surface area contributed by atoms with Crippen LogP contribution in [0.15, 0.2) is 0 Å². The first-order chi connectivity index (χ1) is 8.32. The monoisotopic (exact) mass is 253 g/mol. The number of nitrogens with two attached hydrogens (primary N) is 1. The number of hydrogen-bond donors (Lipinski definition) is 1. The Bertz CT molecular complexity index is 485. The van der Waals surface area contributed by atoms with E-state index in [-0.39, 0.29) is 16.9 Å². The molecule has 0 bridgehead atoms. The van der Waals surface area contributed by atoms with Crippen molar-refractivity contribution in [3.8, 4) is 0 Å². The van der Waals surface area contributed by atoms with E-state index in [1.165, 1.54) is 6.92 Å². The zero-order chi connectivity index (χ0) is 14.0. The molecule has 1 aromatic rings. The van der Waals surface area contributed by atoms with Gasteiger partial charge in [-0.15, -0.1) is 0 Å². The van der Waals surface area contributed by atoms with Crippen molar-refractivity contribution < 1.29 is 9.85 Å². The van der Waals surface area contributed by atoms with E-state index in [9.17, 15) is 20.2 Å². The Kier molecular flexibility index (Phi) is 3.97. The van der Waals surface area contributed by atoms with E-state index in [0.29, 0.717) is 29.7 Å². The minimum absolute atomic E-state index is 0.0979. The molecule has 7 heteroatoms. The van der Waals surface area contributed by atoms with Crippen LogP contribution in [0.5, 0.6) is 0 Å². The lowest BCUT2D eigenvalue weighted by Gasteiger charge is -2.12. The highest BCUT2D eigenvalue weighted by atomic mass is 16.6. The highest BCUT2D eigenvalue weighted by molar-refractivity contribution is 5.65. The molecule has 0 unspecified atom stereocenters. The second kappa shape index (κ2) is 5.09. The zero-order valence-electron chi connectivity index (χ0n) is 10.5. The molecule has 0 amide bonds. The van der Waals surface area contributed by atoms with Crippen LogP contribution in [0.2, 0.25) is 0 Å². The van der Waals surface area contributed by atoms with Crippen LogP contribution in [-0.2, 0) is 6.42 Å². The van der Waals surface area contributed by atoms with Gasteiger partial charge in [0.05, 0.1) is 9.85 Å². The Balaban J connectivity index is 3.75. The number of benzene rings is 1. The molecular formula is C11H15N3O4. The van der Waals surface area contributed by atoms with E-state index in [0.717, 1.165) is 0 Å². The Morgan fingerprint density at radius 2 is 1.33 bits per heavy atom. The molecule has 0 radical (unpaired) electrons. The normalized spacial score (nSPS) is 10.4. The molecule has 0 fully saturated rings. The van der Waals surface area contributed by atoms with Gasteiger partial charge in [0.15, 0.2) is 0 Å². The molecule has 0 saturated heterocycles. The Morgan fingerprint density at radius 3 is 1.61 bits per heavy atom. The summed E-state index contributed by atoms with van der Waals surface area (Å²) in [5, 5.41) is 22.1. The van der Waals surface area contributed by atoms with Gasteiger partial charge in [0.1, 0.15) is 5.56 Å². The van der Waals surface area contributed by atoms with E-state index in [1.54, 1.807) is 13.8 Å². The summed E-state index contributed by atoms with van der Waals surface area (Å²) in [6.45, 7) is 4.90. The third kappa shape index (κ3) is 2.17. The van der Waals surface area contributed by atoms with Crippen LogP contribution in [0.25, 0.3) is 0 Å². The molecule has 0 aliphatic carbocycles. The summed E-state index contributed by atoms with van der Waals surface area (Å²) in [6, 6.07) is 0. The Morgan fingerprint density at radius 1 is 0.944 bits per heavy atom. The minimum atomic E-state index is -0.572. The zero-order valence-corrected chi connectivity index (χ0v) is 10.5. The highest BCUT2D eigenvalue weighted by Crippen LogP contribution is 2.37. The van der Waals surface area contributed by atoms with Gasteiger partial charge in [-0.3, -0.25) is 20.2 Å². The van der Waals surface area contributed by atoms with Crippen LogP contribution in [0.3, 0.4) is 0 Å². The molecule has 98 valence electrons. The molecule has 18 heavy (non-hydrogen) atoms. The Hall–Kier alpha value is -2.02. The van der Waals surface area contributed by atoms with Crippen molar-refractivity contribution in [3.63, 3.8) is 0 Å². The summed E-state index contributed by atoms with van der Waals surface area (Å²) in [6.07, 6.45) is 0.389. The molecule has 0 aliphatic rings. The van der Waals surface area contributed by atoms with Gasteiger partial charge >= 0.3 is 0 Å². The second-order valence-corrected chi connectivity index (χ2v) is 4.10. The van der Waals surface area contributed by atoms with E-state index in [2.05, 4.69) is 0 Å². The maximum Gasteiger partial charge on any atom is 0.282 e. The van der Waals surface area contributed by atoms with E-state index < -0.39 is 9.85 Å². The molecule has 1 rings (SSSR count). The average Bonchev–Trinajstić information content (AvgIpc) is 2.23. The van der Waals surface area contributed by atoms with Gasteiger partial charge in [-0.05, 0) is 39.3 Å². The third-order valence-corrected chi connectivity index (χ3v) is 3.09. The molecule has 0 aliphatic heterocycles. The van der Waals surface area contributed by atoms with Gasteiger partial charge in [0.2, 0.25) is 0 Å². The smallest absolute Gasteiger partial charge is 0.282 e. The minimum Gasteiger partial charge on any atom is -0.330 e. The quantitative estimate of drug-likeness (QED) is 0.650. The molecule has 0 spiro atoms. The largest absolute Gasteiger partial charge is 0.330 e. The Labute approximate surface area is 104 Å². The van der Waals surface area contributed by atoms with Gasteiger partial charge < -0.3 is 5.73 Å². The maximum absolute atomic E-state index is 11.0. The summed E-state index contributed by atoms with van der Waals surface area (Å²) in [7, 11) is 0. The van der Waals surface area contributed by atoms with E-state index in [4.69, 9.17) is 5.73 Å². The number of nitro benzene ring substituents is 2. The molecule has 0 aromatic heterocycles. The average molecular weight is 253 g/mol. The van der Waals surface area contributed by atoms with Gasteiger partial charge in [0.25, 0.3) is 11.4 Å². The van der Waals surface area contributed by atoms with Crippen LogP contribution >= 0.6 is 0 Å². The van der Waals surface area contributed by atoms with Crippen LogP contribution in [0.1, 0.15) is 22.3 Å². The summed E-state index contributed by atoms with van der Waals surface area (Å²) >= 11 is 0. The van der Waals surface area contributed by atoms with Gasteiger partial charge in [0, 0.05) is 11.1 Å². The van der Waals surface area contributed by atoms with Crippen molar-refractivity contribution in [1.82, 2.24) is 0 Å². The lowest BCUT2D eigenvalue weighted by Crippen LogP contribution is -2.11. The van der Waals surface area contributed by atoms with Crippen molar-refractivity contribution in [2.75, 3.05) is 6.54 Å². The first-order valence-electron chi connectivity index (χ1n) is 5.44. The van der Waals surface area contributed by atoms with Crippen LogP contribution < -0.4 is 5.73 Å². The third-order valence-electron chi connectivity index (χ3n) is 3.09. The number of nitro groups is 2. The summed E-state index contributed by atoms with van der Waals surface area (Å²) in [4.78, 5) is 20.9. The van der Waals surface area contributed by atoms with Gasteiger partial charge in [-0.2, -0.15) is 0 Å². The summed E-state index contributed by atoms with van der Waals surface area (Å²) in [5.41, 5.74) is 6.70. The SMILES string of the molecule is Cc1c(CCN)c(C)c([N+](=O)[O-])c(C)c1[N+](=O)[O-]. The summed E-state index contributed by atoms with van der Waals surface area (Å²) in [5.74, 6) is 0. The van der Waals surface area contributed by atoms with Gasteiger partial charge in [-0.1, -0.05) is 0 Å². The topological polar surface area (TPSA) is 112 Å². The number of hydrogen-bond acceptors (Lipinski definition) is 5. The molecule has 7 nitrogen and oxygen atoms in total. The van der Waals surface area contributed by atoms with Crippen LogP contribution in [0, 0.1) is 41.0 Å². The van der Waals surface area contributed by atoms with Crippen LogP contribution in [0.4, 0.5) is 11.4 Å². The van der Waals surface area contributed by atoms with Crippen molar-refractivity contribution in [2.24, 2.45) is 5.73 Å². The van der Waals surface area contributed by atoms with E-state index >= 15 is 0 Å².